The summed E-state index contributed by atoms with van der Waals surface area (Å²) in [6.45, 7) is 7.53. The molecule has 32 heavy (non-hydrogen) atoms. The van der Waals surface area contributed by atoms with Crippen LogP contribution in [0.15, 0.2) is 48.5 Å². The molecule has 0 N–H and O–H groups in total. The van der Waals surface area contributed by atoms with Gasteiger partial charge in [-0.3, -0.25) is 4.79 Å². The highest BCUT2D eigenvalue weighted by Gasteiger charge is 2.53. The Morgan fingerprint density at radius 3 is 2.31 bits per heavy atom. The average Bonchev–Trinajstić information content (AvgIpc) is 3.02. The summed E-state index contributed by atoms with van der Waals surface area (Å²) >= 11 is 1.52. The number of ether oxygens (including phenoxy) is 1. The zero-order valence-electron chi connectivity index (χ0n) is 19.2. The standard InChI is InChI=1S/C26H33FN2O2S/c1-19(2)18-31-23-10-6-21(7-11-23)17-29-24(16-20-4-8-22(27)9-5-20)26(32-25(29)30)12-14-28(3)15-13-26/h4-11,19,24H,12-18H2,1-3H3. The second-order valence-corrected chi connectivity index (χ2v) is 10.9. The normalized spacial score (nSPS) is 21.0. The second kappa shape index (κ2) is 9.84. The Hall–Kier alpha value is -2.05. The lowest BCUT2D eigenvalue weighted by Gasteiger charge is -2.42. The van der Waals surface area contributed by atoms with Crippen molar-refractivity contribution in [3.05, 3.63) is 65.5 Å². The third kappa shape index (κ3) is 5.29. The average molecular weight is 457 g/mol. The fourth-order valence-corrected chi connectivity index (χ4v) is 6.00. The van der Waals surface area contributed by atoms with E-state index in [0.29, 0.717) is 19.1 Å². The van der Waals surface area contributed by atoms with E-state index in [2.05, 4.69) is 37.9 Å². The number of thioether (sulfide) groups is 1. The van der Waals surface area contributed by atoms with E-state index in [1.54, 1.807) is 0 Å². The minimum absolute atomic E-state index is 0.0850. The van der Waals surface area contributed by atoms with Gasteiger partial charge in [-0.05, 0) is 80.7 Å². The van der Waals surface area contributed by atoms with Crippen LogP contribution in [0.2, 0.25) is 0 Å². The van der Waals surface area contributed by atoms with E-state index in [4.69, 9.17) is 4.74 Å². The number of likely N-dealkylation sites (tertiary alicyclic amines) is 1. The fourth-order valence-electron chi connectivity index (χ4n) is 4.61. The molecule has 4 rings (SSSR count). The number of hydrogen-bond acceptors (Lipinski definition) is 4. The summed E-state index contributed by atoms with van der Waals surface area (Å²) in [6.07, 6.45) is 2.73. The summed E-state index contributed by atoms with van der Waals surface area (Å²) in [5.74, 6) is 1.11. The van der Waals surface area contributed by atoms with Crippen molar-refractivity contribution < 1.29 is 13.9 Å². The molecule has 2 aromatic carbocycles. The maximum Gasteiger partial charge on any atom is 0.282 e. The Labute approximate surface area is 195 Å². The largest absolute Gasteiger partial charge is 0.493 e. The molecule has 2 heterocycles. The van der Waals surface area contributed by atoms with Crippen LogP contribution in [0.5, 0.6) is 5.75 Å². The lowest BCUT2D eigenvalue weighted by molar-refractivity contribution is 0.149. The van der Waals surface area contributed by atoms with Crippen LogP contribution in [0.3, 0.4) is 0 Å². The van der Waals surface area contributed by atoms with E-state index >= 15 is 0 Å². The first kappa shape index (κ1) is 23.1. The van der Waals surface area contributed by atoms with Gasteiger partial charge in [-0.15, -0.1) is 0 Å². The van der Waals surface area contributed by atoms with Crippen molar-refractivity contribution in [2.45, 2.75) is 50.4 Å². The molecule has 1 atom stereocenters. The maximum atomic E-state index is 13.5. The molecule has 6 heteroatoms. The molecular weight excluding hydrogens is 423 g/mol. The Kier molecular flexibility index (Phi) is 7.11. The predicted octanol–water partition coefficient (Wildman–Crippen LogP) is 5.61. The van der Waals surface area contributed by atoms with E-state index in [1.807, 2.05) is 29.2 Å². The summed E-state index contributed by atoms with van der Waals surface area (Å²) in [5.41, 5.74) is 2.18. The summed E-state index contributed by atoms with van der Waals surface area (Å²) in [4.78, 5) is 17.6. The fraction of sp³-hybridized carbons (Fsp3) is 0.500. The molecule has 1 spiro atoms. The first-order valence-electron chi connectivity index (χ1n) is 11.5. The minimum Gasteiger partial charge on any atom is -0.493 e. The molecule has 172 valence electrons. The van der Waals surface area contributed by atoms with E-state index in [-0.39, 0.29) is 21.8 Å². The molecule has 0 aromatic heterocycles. The zero-order valence-corrected chi connectivity index (χ0v) is 20.0. The van der Waals surface area contributed by atoms with Crippen molar-refractivity contribution in [2.75, 3.05) is 26.7 Å². The van der Waals surface area contributed by atoms with Crippen LogP contribution in [-0.2, 0) is 13.0 Å². The van der Waals surface area contributed by atoms with Crippen molar-refractivity contribution in [3.8, 4) is 5.75 Å². The van der Waals surface area contributed by atoms with Gasteiger partial charge in [0, 0.05) is 11.3 Å². The Bertz CT molecular complexity index is 908. The number of halogens is 1. The monoisotopic (exact) mass is 456 g/mol. The SMILES string of the molecule is CC(C)COc1ccc(CN2C(=O)SC3(CCN(C)CC3)C2Cc2ccc(F)cc2)cc1. The second-order valence-electron chi connectivity index (χ2n) is 9.56. The van der Waals surface area contributed by atoms with Crippen LogP contribution in [-0.4, -0.2) is 52.6 Å². The van der Waals surface area contributed by atoms with Gasteiger partial charge in [0.2, 0.25) is 0 Å². The van der Waals surface area contributed by atoms with Crippen molar-refractivity contribution in [2.24, 2.45) is 5.92 Å². The molecule has 2 aliphatic heterocycles. The van der Waals surface area contributed by atoms with E-state index < -0.39 is 0 Å². The Balaban J connectivity index is 1.54. The summed E-state index contributed by atoms with van der Waals surface area (Å²) in [5, 5.41) is 0.154. The topological polar surface area (TPSA) is 32.8 Å². The number of rotatable bonds is 7. The molecular formula is C26H33FN2O2S. The van der Waals surface area contributed by atoms with Gasteiger partial charge < -0.3 is 14.5 Å². The molecule has 0 aliphatic carbocycles. The van der Waals surface area contributed by atoms with Crippen LogP contribution in [0.4, 0.5) is 9.18 Å². The van der Waals surface area contributed by atoms with Gasteiger partial charge in [-0.25, -0.2) is 4.39 Å². The highest BCUT2D eigenvalue weighted by Crippen LogP contribution is 2.49. The van der Waals surface area contributed by atoms with Crippen LogP contribution in [0.1, 0.15) is 37.8 Å². The first-order valence-corrected chi connectivity index (χ1v) is 12.3. The van der Waals surface area contributed by atoms with Crippen molar-refractivity contribution in [3.63, 3.8) is 0 Å². The molecule has 2 aliphatic rings. The van der Waals surface area contributed by atoms with E-state index in [1.165, 1.54) is 23.9 Å². The molecule has 1 amide bonds. The van der Waals surface area contributed by atoms with Crippen LogP contribution in [0, 0.1) is 11.7 Å². The van der Waals surface area contributed by atoms with Crippen LogP contribution < -0.4 is 4.74 Å². The van der Waals surface area contributed by atoms with Crippen molar-refractivity contribution in [1.82, 2.24) is 9.80 Å². The summed E-state index contributed by atoms with van der Waals surface area (Å²) in [6, 6.07) is 14.9. The predicted molar refractivity (Wildman–Crippen MR) is 129 cm³/mol. The molecule has 2 aromatic rings. The quantitative estimate of drug-likeness (QED) is 0.543. The number of carbonyl (C=O) groups excluding carboxylic acids is 1. The minimum atomic E-state index is -0.226. The number of amides is 1. The Morgan fingerprint density at radius 2 is 1.69 bits per heavy atom. The van der Waals surface area contributed by atoms with E-state index in [9.17, 15) is 9.18 Å². The summed E-state index contributed by atoms with van der Waals surface area (Å²) in [7, 11) is 2.14. The number of benzene rings is 2. The highest BCUT2D eigenvalue weighted by atomic mass is 32.2. The van der Waals surface area contributed by atoms with Gasteiger partial charge in [0.25, 0.3) is 5.24 Å². The van der Waals surface area contributed by atoms with Gasteiger partial charge in [-0.2, -0.15) is 0 Å². The summed E-state index contributed by atoms with van der Waals surface area (Å²) < 4.78 is 19.2. The van der Waals surface area contributed by atoms with Crippen LogP contribution in [0.25, 0.3) is 0 Å². The molecule has 0 bridgehead atoms. The molecule has 1 unspecified atom stereocenters. The van der Waals surface area contributed by atoms with Crippen LogP contribution >= 0.6 is 11.8 Å². The lowest BCUT2D eigenvalue weighted by Crippen LogP contribution is -2.51. The number of piperidine rings is 1. The molecule has 2 saturated heterocycles. The molecule has 0 radical (unpaired) electrons. The van der Waals surface area contributed by atoms with Crippen molar-refractivity contribution >= 4 is 17.0 Å². The molecule has 0 saturated carbocycles. The lowest BCUT2D eigenvalue weighted by atomic mass is 9.84. The first-order chi connectivity index (χ1) is 15.3. The highest BCUT2D eigenvalue weighted by molar-refractivity contribution is 8.15. The third-order valence-corrected chi connectivity index (χ3v) is 8.04. The number of nitrogens with zero attached hydrogens (tertiary/aromatic N) is 2. The zero-order chi connectivity index (χ0) is 22.7. The van der Waals surface area contributed by atoms with Gasteiger partial charge in [0.1, 0.15) is 11.6 Å². The molecule has 4 nitrogen and oxygen atoms in total. The Morgan fingerprint density at radius 1 is 1.06 bits per heavy atom. The number of hydrogen-bond donors (Lipinski definition) is 0. The van der Waals surface area contributed by atoms with Gasteiger partial charge in [0.05, 0.1) is 12.6 Å². The van der Waals surface area contributed by atoms with Crippen molar-refractivity contribution in [1.29, 1.82) is 0 Å². The van der Waals surface area contributed by atoms with Gasteiger partial charge >= 0.3 is 0 Å². The molecule has 2 fully saturated rings. The maximum absolute atomic E-state index is 13.5. The number of carbonyl (C=O) groups is 1. The van der Waals surface area contributed by atoms with E-state index in [0.717, 1.165) is 49.2 Å². The van der Waals surface area contributed by atoms with Gasteiger partial charge in [-0.1, -0.05) is 49.9 Å². The third-order valence-electron chi connectivity index (χ3n) is 6.54. The van der Waals surface area contributed by atoms with Gasteiger partial charge in [0.15, 0.2) is 0 Å². The smallest absolute Gasteiger partial charge is 0.282 e.